The first-order valence-corrected chi connectivity index (χ1v) is 7.27. The Morgan fingerprint density at radius 3 is 2.56 bits per heavy atom. The number of hydrogen-bond acceptors (Lipinski definition) is 2. The minimum Gasteiger partial charge on any atom is -0.354 e. The molecule has 0 unspecified atom stereocenters. The molecule has 0 spiro atoms. The number of rotatable bonds is 2. The zero-order chi connectivity index (χ0) is 13.1. The highest BCUT2D eigenvalue weighted by atomic mass is 127. The first kappa shape index (κ1) is 13.7. The number of benzene rings is 2. The van der Waals surface area contributed by atoms with E-state index < -0.39 is 0 Å². The van der Waals surface area contributed by atoms with Gasteiger partial charge in [0.05, 0.1) is 16.9 Å². The average Bonchev–Trinajstić information content (AvgIpc) is 2.34. The van der Waals surface area contributed by atoms with Crippen LogP contribution in [0.2, 0.25) is 5.02 Å². The molecule has 2 nitrogen and oxygen atoms in total. The van der Waals surface area contributed by atoms with Gasteiger partial charge in [-0.25, -0.2) is 0 Å². The van der Waals surface area contributed by atoms with Gasteiger partial charge in [0, 0.05) is 13.1 Å². The van der Waals surface area contributed by atoms with Crippen LogP contribution in [0.15, 0.2) is 40.9 Å². The van der Waals surface area contributed by atoms with E-state index in [0.717, 1.165) is 19.4 Å². The lowest BCUT2D eigenvalue weighted by Crippen LogP contribution is -1.95. The van der Waals surface area contributed by atoms with Gasteiger partial charge in [-0.1, -0.05) is 27.5 Å². The predicted octanol–water partition coefficient (Wildman–Crippen LogP) is 5.32. The van der Waals surface area contributed by atoms with Gasteiger partial charge in [0.1, 0.15) is 6.07 Å². The summed E-state index contributed by atoms with van der Waals surface area (Å²) in [5.41, 5.74) is 2.30. The van der Waals surface area contributed by atoms with E-state index in [1.807, 2.05) is 30.3 Å². The van der Waals surface area contributed by atoms with Crippen LogP contribution < -0.4 is 5.32 Å². The van der Waals surface area contributed by atoms with E-state index in [0.29, 0.717) is 10.6 Å². The van der Waals surface area contributed by atoms with E-state index in [1.165, 1.54) is 0 Å². The molecule has 0 fully saturated rings. The summed E-state index contributed by atoms with van der Waals surface area (Å²) in [6, 6.07) is 13.3. The number of nitriles is 1. The Hall–Kier alpha value is -0.770. The standard InChI is InChI=1S/C13H7BrClIN2/c14-9-1-3-12(8(5-9)7-17)18-13-4-2-10(15)6-11(13)16/h1-6,18H. The Kier molecular flexibility index (Phi) is 4.49. The maximum atomic E-state index is 9.10. The van der Waals surface area contributed by atoms with Crippen molar-refractivity contribution in [2.24, 2.45) is 0 Å². The molecule has 0 aliphatic heterocycles. The van der Waals surface area contributed by atoms with Crippen LogP contribution in [-0.2, 0) is 0 Å². The molecule has 2 rings (SSSR count). The van der Waals surface area contributed by atoms with E-state index in [-0.39, 0.29) is 0 Å². The minimum absolute atomic E-state index is 0.593. The van der Waals surface area contributed by atoms with Crippen molar-refractivity contribution in [2.75, 3.05) is 5.32 Å². The average molecular weight is 433 g/mol. The van der Waals surface area contributed by atoms with Crippen LogP contribution in [0.5, 0.6) is 0 Å². The molecule has 2 aromatic carbocycles. The first-order chi connectivity index (χ1) is 8.60. The second kappa shape index (κ2) is 5.91. The molecule has 0 radical (unpaired) electrons. The molecule has 90 valence electrons. The lowest BCUT2D eigenvalue weighted by molar-refractivity contribution is 1.44. The Morgan fingerprint density at radius 1 is 1.17 bits per heavy atom. The van der Waals surface area contributed by atoms with Crippen molar-refractivity contribution in [2.45, 2.75) is 0 Å². The third-order valence-electron chi connectivity index (χ3n) is 2.30. The van der Waals surface area contributed by atoms with Crippen LogP contribution in [0, 0.1) is 14.9 Å². The van der Waals surface area contributed by atoms with Crippen LogP contribution in [0.4, 0.5) is 11.4 Å². The van der Waals surface area contributed by atoms with Crippen molar-refractivity contribution >= 4 is 61.5 Å². The van der Waals surface area contributed by atoms with Crippen molar-refractivity contribution in [1.29, 1.82) is 5.26 Å². The van der Waals surface area contributed by atoms with Gasteiger partial charge in [0.2, 0.25) is 0 Å². The molecule has 0 aliphatic rings. The zero-order valence-electron chi connectivity index (χ0n) is 9.05. The zero-order valence-corrected chi connectivity index (χ0v) is 13.5. The SMILES string of the molecule is N#Cc1cc(Br)ccc1Nc1ccc(Cl)cc1I. The first-order valence-electron chi connectivity index (χ1n) is 5.02. The van der Waals surface area contributed by atoms with Gasteiger partial charge in [0.15, 0.2) is 0 Å². The third kappa shape index (κ3) is 3.16. The van der Waals surface area contributed by atoms with E-state index >= 15 is 0 Å². The lowest BCUT2D eigenvalue weighted by atomic mass is 10.2. The van der Waals surface area contributed by atoms with Crippen molar-refractivity contribution < 1.29 is 0 Å². The predicted molar refractivity (Wildman–Crippen MR) is 86.3 cm³/mol. The van der Waals surface area contributed by atoms with Crippen LogP contribution in [-0.4, -0.2) is 0 Å². The van der Waals surface area contributed by atoms with Gasteiger partial charge < -0.3 is 5.32 Å². The van der Waals surface area contributed by atoms with E-state index in [2.05, 4.69) is 49.9 Å². The van der Waals surface area contributed by atoms with Crippen LogP contribution in [0.25, 0.3) is 0 Å². The summed E-state index contributed by atoms with van der Waals surface area (Å²) in [5.74, 6) is 0. The summed E-state index contributed by atoms with van der Waals surface area (Å²) >= 11 is 11.5. The monoisotopic (exact) mass is 432 g/mol. The maximum Gasteiger partial charge on any atom is 0.101 e. The van der Waals surface area contributed by atoms with Crippen LogP contribution >= 0.6 is 50.1 Å². The van der Waals surface area contributed by atoms with E-state index in [9.17, 15) is 0 Å². The molecule has 0 amide bonds. The number of halogens is 3. The fraction of sp³-hybridized carbons (Fsp3) is 0. The van der Waals surface area contributed by atoms with Gasteiger partial charge in [0.25, 0.3) is 0 Å². The lowest BCUT2D eigenvalue weighted by Gasteiger charge is -2.10. The summed E-state index contributed by atoms with van der Waals surface area (Å²) in [4.78, 5) is 0. The third-order valence-corrected chi connectivity index (χ3v) is 3.92. The molecular formula is C13H7BrClIN2. The molecule has 0 aliphatic carbocycles. The topological polar surface area (TPSA) is 35.8 Å². The minimum atomic E-state index is 0.593. The molecule has 1 N–H and O–H groups in total. The molecule has 0 heterocycles. The summed E-state index contributed by atoms with van der Waals surface area (Å²) in [6.45, 7) is 0. The van der Waals surface area contributed by atoms with Gasteiger partial charge >= 0.3 is 0 Å². The summed E-state index contributed by atoms with van der Waals surface area (Å²) in [5, 5.41) is 13.0. The molecular weight excluding hydrogens is 426 g/mol. The molecule has 0 aromatic heterocycles. The summed E-state index contributed by atoms with van der Waals surface area (Å²) in [6.07, 6.45) is 0. The number of hydrogen-bond donors (Lipinski definition) is 1. The summed E-state index contributed by atoms with van der Waals surface area (Å²) < 4.78 is 1.89. The number of nitrogens with one attached hydrogen (secondary N) is 1. The van der Waals surface area contributed by atoms with Crippen molar-refractivity contribution in [1.82, 2.24) is 0 Å². The maximum absolute atomic E-state index is 9.10. The highest BCUT2D eigenvalue weighted by molar-refractivity contribution is 14.1. The molecule has 0 saturated carbocycles. The number of anilines is 2. The van der Waals surface area contributed by atoms with Gasteiger partial charge in [-0.2, -0.15) is 5.26 Å². The Balaban J connectivity index is 2.37. The van der Waals surface area contributed by atoms with E-state index in [4.69, 9.17) is 16.9 Å². The van der Waals surface area contributed by atoms with Crippen molar-refractivity contribution in [3.63, 3.8) is 0 Å². The van der Waals surface area contributed by atoms with Gasteiger partial charge in [-0.15, -0.1) is 0 Å². The second-order valence-corrected chi connectivity index (χ2v) is 6.07. The molecule has 2 aromatic rings. The largest absolute Gasteiger partial charge is 0.354 e. The molecule has 0 bridgehead atoms. The molecule has 18 heavy (non-hydrogen) atoms. The van der Waals surface area contributed by atoms with Crippen LogP contribution in [0.1, 0.15) is 5.56 Å². The highest BCUT2D eigenvalue weighted by Crippen LogP contribution is 2.28. The summed E-state index contributed by atoms with van der Waals surface area (Å²) in [7, 11) is 0. The Morgan fingerprint density at radius 2 is 1.89 bits per heavy atom. The molecule has 5 heteroatoms. The Labute approximate surface area is 132 Å². The quantitative estimate of drug-likeness (QED) is 0.651. The molecule has 0 saturated heterocycles. The second-order valence-electron chi connectivity index (χ2n) is 3.55. The normalized spacial score (nSPS) is 9.89. The van der Waals surface area contributed by atoms with E-state index in [1.54, 1.807) is 6.07 Å². The van der Waals surface area contributed by atoms with Crippen molar-refractivity contribution in [3.8, 4) is 6.07 Å². The Bertz CT molecular complexity index is 637. The van der Waals surface area contributed by atoms with Crippen molar-refractivity contribution in [3.05, 3.63) is 55.0 Å². The van der Waals surface area contributed by atoms with Gasteiger partial charge in [-0.05, 0) is 59.0 Å². The molecule has 0 atom stereocenters. The smallest absolute Gasteiger partial charge is 0.101 e. The fourth-order valence-electron chi connectivity index (χ4n) is 1.45. The van der Waals surface area contributed by atoms with Crippen LogP contribution in [0.3, 0.4) is 0 Å². The van der Waals surface area contributed by atoms with Gasteiger partial charge in [-0.3, -0.25) is 0 Å². The highest BCUT2D eigenvalue weighted by Gasteiger charge is 2.06. The number of nitrogens with zero attached hydrogens (tertiary/aromatic N) is 1. The fourth-order valence-corrected chi connectivity index (χ4v) is 2.82.